The van der Waals surface area contributed by atoms with Gasteiger partial charge >= 0.3 is 0 Å². The number of anilines is 1. The van der Waals surface area contributed by atoms with Crippen molar-refractivity contribution < 1.29 is 0 Å². The summed E-state index contributed by atoms with van der Waals surface area (Å²) < 4.78 is 0. The number of aromatic nitrogens is 3. The van der Waals surface area contributed by atoms with Crippen LogP contribution in [0.4, 0.5) is 5.82 Å². The molecule has 0 bridgehead atoms. The second-order valence-electron chi connectivity index (χ2n) is 8.37. The molecular weight excluding hydrogens is 386 g/mol. The van der Waals surface area contributed by atoms with Gasteiger partial charge in [0.15, 0.2) is 0 Å². The van der Waals surface area contributed by atoms with E-state index in [9.17, 15) is 4.79 Å². The number of aromatic amines is 1. The van der Waals surface area contributed by atoms with Gasteiger partial charge in [-0.25, -0.2) is 9.97 Å². The summed E-state index contributed by atoms with van der Waals surface area (Å²) in [4.78, 5) is 29.1. The molecule has 31 heavy (non-hydrogen) atoms. The normalized spacial score (nSPS) is 17.1. The van der Waals surface area contributed by atoms with Crippen LogP contribution in [0.2, 0.25) is 0 Å². The molecule has 1 N–H and O–H groups in total. The monoisotopic (exact) mass is 417 g/mol. The highest BCUT2D eigenvalue weighted by molar-refractivity contribution is 5.56. The minimum absolute atomic E-state index is 0.0940. The van der Waals surface area contributed by atoms with E-state index in [4.69, 9.17) is 4.98 Å². The minimum atomic E-state index is -0.0940. The Morgan fingerprint density at radius 1 is 1.10 bits per heavy atom. The van der Waals surface area contributed by atoms with E-state index >= 15 is 0 Å². The first-order valence-corrected chi connectivity index (χ1v) is 11.1. The molecule has 1 aromatic carbocycles. The van der Waals surface area contributed by atoms with E-state index in [0.29, 0.717) is 17.4 Å². The third-order valence-electron chi connectivity index (χ3n) is 6.20. The van der Waals surface area contributed by atoms with Gasteiger partial charge in [-0.05, 0) is 38.0 Å². The van der Waals surface area contributed by atoms with Gasteiger partial charge in [0.05, 0.1) is 0 Å². The third kappa shape index (κ3) is 4.85. The fourth-order valence-corrected chi connectivity index (χ4v) is 4.23. The Morgan fingerprint density at radius 3 is 2.58 bits per heavy atom. The van der Waals surface area contributed by atoms with Crippen LogP contribution in [0.1, 0.15) is 36.6 Å². The number of nitrogens with zero attached hydrogens (tertiary/aromatic N) is 4. The van der Waals surface area contributed by atoms with Crippen molar-refractivity contribution >= 4 is 5.82 Å². The van der Waals surface area contributed by atoms with Crippen LogP contribution in [0.25, 0.3) is 11.4 Å². The van der Waals surface area contributed by atoms with Crippen LogP contribution in [0.5, 0.6) is 0 Å². The zero-order chi connectivity index (χ0) is 21.8. The number of pyridine rings is 1. The van der Waals surface area contributed by atoms with Crippen LogP contribution in [0.15, 0.2) is 53.5 Å². The predicted molar refractivity (Wildman–Crippen MR) is 125 cm³/mol. The Balaban J connectivity index is 1.48. The van der Waals surface area contributed by atoms with Crippen molar-refractivity contribution in [1.82, 2.24) is 19.9 Å². The summed E-state index contributed by atoms with van der Waals surface area (Å²) in [6.07, 6.45) is 4.16. The SMILES string of the molecule is CCCC1CN(c2ccc(-c3nc(C)c(C)c(=O)[nH]3)cn2)CCN1Cc1ccccc1. The molecule has 0 aliphatic carbocycles. The fraction of sp³-hybridized carbons (Fsp3) is 0.400. The first-order chi connectivity index (χ1) is 15.0. The molecule has 4 rings (SSSR count). The van der Waals surface area contributed by atoms with Crippen molar-refractivity contribution in [1.29, 1.82) is 0 Å². The van der Waals surface area contributed by atoms with Gasteiger partial charge in [0, 0.05) is 55.2 Å². The molecule has 0 saturated carbocycles. The van der Waals surface area contributed by atoms with Gasteiger partial charge in [0.1, 0.15) is 11.6 Å². The van der Waals surface area contributed by atoms with E-state index in [1.807, 2.05) is 25.3 Å². The molecule has 3 heterocycles. The molecule has 1 unspecified atom stereocenters. The van der Waals surface area contributed by atoms with Gasteiger partial charge in [-0.3, -0.25) is 9.69 Å². The number of aryl methyl sites for hydroxylation is 1. The second kappa shape index (κ2) is 9.43. The minimum Gasteiger partial charge on any atom is -0.354 e. The van der Waals surface area contributed by atoms with Gasteiger partial charge in [-0.1, -0.05) is 43.7 Å². The Labute approximate surface area is 184 Å². The van der Waals surface area contributed by atoms with Crippen LogP contribution >= 0.6 is 0 Å². The topological polar surface area (TPSA) is 65.1 Å². The van der Waals surface area contributed by atoms with Crippen LogP contribution in [0.3, 0.4) is 0 Å². The molecule has 6 nitrogen and oxygen atoms in total. The van der Waals surface area contributed by atoms with Gasteiger partial charge in [0.2, 0.25) is 0 Å². The summed E-state index contributed by atoms with van der Waals surface area (Å²) in [6.45, 7) is 9.86. The molecule has 0 spiro atoms. The van der Waals surface area contributed by atoms with E-state index < -0.39 is 0 Å². The maximum atomic E-state index is 12.1. The number of piperazine rings is 1. The van der Waals surface area contributed by atoms with Crippen molar-refractivity contribution in [3.05, 3.63) is 75.8 Å². The van der Waals surface area contributed by atoms with Gasteiger partial charge < -0.3 is 9.88 Å². The highest BCUT2D eigenvalue weighted by Gasteiger charge is 2.27. The van der Waals surface area contributed by atoms with Gasteiger partial charge in [0.25, 0.3) is 5.56 Å². The number of hydrogen-bond acceptors (Lipinski definition) is 5. The number of benzene rings is 1. The predicted octanol–water partition coefficient (Wildman–Crippen LogP) is 3.94. The lowest BCUT2D eigenvalue weighted by molar-refractivity contribution is 0.158. The van der Waals surface area contributed by atoms with Gasteiger partial charge in [-0.2, -0.15) is 0 Å². The Hall–Kier alpha value is -2.99. The molecule has 3 aromatic rings. The maximum absolute atomic E-state index is 12.1. The molecule has 1 aliphatic rings. The average Bonchev–Trinajstić information content (AvgIpc) is 2.79. The molecule has 1 saturated heterocycles. The highest BCUT2D eigenvalue weighted by Crippen LogP contribution is 2.23. The van der Waals surface area contributed by atoms with E-state index in [2.05, 4.69) is 57.0 Å². The molecule has 0 radical (unpaired) electrons. The summed E-state index contributed by atoms with van der Waals surface area (Å²) in [7, 11) is 0. The third-order valence-corrected chi connectivity index (χ3v) is 6.20. The van der Waals surface area contributed by atoms with Crippen LogP contribution in [0, 0.1) is 13.8 Å². The van der Waals surface area contributed by atoms with Crippen molar-refractivity contribution in [2.45, 2.75) is 46.2 Å². The summed E-state index contributed by atoms with van der Waals surface area (Å²) >= 11 is 0. The van der Waals surface area contributed by atoms with Crippen LogP contribution in [-0.2, 0) is 6.54 Å². The van der Waals surface area contributed by atoms with Crippen molar-refractivity contribution in [3.63, 3.8) is 0 Å². The van der Waals surface area contributed by atoms with Crippen molar-refractivity contribution in [2.75, 3.05) is 24.5 Å². The lowest BCUT2D eigenvalue weighted by Gasteiger charge is -2.42. The van der Waals surface area contributed by atoms with Crippen molar-refractivity contribution in [2.24, 2.45) is 0 Å². The van der Waals surface area contributed by atoms with Crippen LogP contribution in [-0.4, -0.2) is 45.5 Å². The summed E-state index contributed by atoms with van der Waals surface area (Å²) in [5.41, 5.74) is 3.51. The van der Waals surface area contributed by atoms with Crippen LogP contribution < -0.4 is 10.5 Å². The molecule has 6 heteroatoms. The quantitative estimate of drug-likeness (QED) is 0.658. The Bertz CT molecular complexity index is 1060. The summed E-state index contributed by atoms with van der Waals surface area (Å²) in [6, 6.07) is 15.3. The second-order valence-corrected chi connectivity index (χ2v) is 8.37. The lowest BCUT2D eigenvalue weighted by atomic mass is 10.0. The Kier molecular flexibility index (Phi) is 6.47. The van der Waals surface area contributed by atoms with E-state index in [1.165, 1.54) is 18.4 Å². The number of H-pyrrole nitrogens is 1. The number of nitrogens with one attached hydrogen (secondary N) is 1. The summed E-state index contributed by atoms with van der Waals surface area (Å²) in [5, 5.41) is 0. The van der Waals surface area contributed by atoms with Gasteiger partial charge in [-0.15, -0.1) is 0 Å². The number of rotatable bonds is 6. The maximum Gasteiger partial charge on any atom is 0.254 e. The molecule has 162 valence electrons. The standard InChI is InChI=1S/C25H31N5O/c1-4-8-22-17-30(14-13-29(22)16-20-9-6-5-7-10-20)23-12-11-21(15-26-23)24-27-19(3)18(2)25(31)28-24/h5-7,9-12,15,22H,4,8,13-14,16-17H2,1-3H3,(H,27,28,31). The summed E-state index contributed by atoms with van der Waals surface area (Å²) in [5.74, 6) is 1.55. The van der Waals surface area contributed by atoms with Crippen molar-refractivity contribution in [3.8, 4) is 11.4 Å². The lowest BCUT2D eigenvalue weighted by Crippen LogP contribution is -2.53. The van der Waals surface area contributed by atoms with E-state index in [-0.39, 0.29) is 5.56 Å². The highest BCUT2D eigenvalue weighted by atomic mass is 16.1. The molecule has 1 atom stereocenters. The zero-order valence-corrected chi connectivity index (χ0v) is 18.6. The first-order valence-electron chi connectivity index (χ1n) is 11.1. The van der Waals surface area contributed by atoms with E-state index in [1.54, 1.807) is 6.92 Å². The van der Waals surface area contributed by atoms with E-state index in [0.717, 1.165) is 43.3 Å². The fourth-order valence-electron chi connectivity index (χ4n) is 4.23. The first kappa shape index (κ1) is 21.2. The molecule has 1 fully saturated rings. The molecule has 0 amide bonds. The molecule has 2 aromatic heterocycles. The Morgan fingerprint density at radius 2 is 1.90 bits per heavy atom. The zero-order valence-electron chi connectivity index (χ0n) is 18.6. The molecular formula is C25H31N5O. The number of hydrogen-bond donors (Lipinski definition) is 1. The average molecular weight is 418 g/mol. The smallest absolute Gasteiger partial charge is 0.254 e. The largest absolute Gasteiger partial charge is 0.354 e. The molecule has 1 aliphatic heterocycles.